The molecule has 1 N–H and O–H groups in total. The van der Waals surface area contributed by atoms with Crippen molar-refractivity contribution in [2.24, 2.45) is 0 Å². The van der Waals surface area contributed by atoms with Crippen LogP contribution in [0.5, 0.6) is 11.5 Å². The van der Waals surface area contributed by atoms with Gasteiger partial charge in [0.25, 0.3) is 0 Å². The molecule has 0 radical (unpaired) electrons. The van der Waals surface area contributed by atoms with Crippen LogP contribution in [0.25, 0.3) is 0 Å². The molecule has 0 unspecified atom stereocenters. The quantitative estimate of drug-likeness (QED) is 0.869. The first-order valence-corrected chi connectivity index (χ1v) is 7.97. The average Bonchev–Trinajstić information content (AvgIpc) is 2.76. The molecule has 23 heavy (non-hydrogen) atoms. The summed E-state index contributed by atoms with van der Waals surface area (Å²) in [7, 11) is 3.17. The maximum Gasteiger partial charge on any atom is 0.225 e. The number of hydrogen-bond acceptors (Lipinski definition) is 5. The van der Waals surface area contributed by atoms with Crippen molar-refractivity contribution in [2.75, 3.05) is 45.8 Å². The lowest BCUT2D eigenvalue weighted by Crippen LogP contribution is -2.33. The van der Waals surface area contributed by atoms with E-state index in [-0.39, 0.29) is 12.0 Å². The zero-order valence-corrected chi connectivity index (χ0v) is 14.1. The second kappa shape index (κ2) is 8.74. The van der Waals surface area contributed by atoms with Gasteiger partial charge in [0.2, 0.25) is 5.91 Å². The number of amides is 1. The normalized spacial score (nSPS) is 19.0. The molecular weight excluding hydrogens is 296 g/mol. The average molecular weight is 322 g/mol. The summed E-state index contributed by atoms with van der Waals surface area (Å²) in [6, 6.07) is 5.33. The van der Waals surface area contributed by atoms with Gasteiger partial charge in [-0.1, -0.05) is 0 Å². The van der Waals surface area contributed by atoms with Gasteiger partial charge in [0.15, 0.2) is 0 Å². The van der Waals surface area contributed by atoms with E-state index >= 15 is 0 Å². The monoisotopic (exact) mass is 322 g/mol. The van der Waals surface area contributed by atoms with E-state index in [1.807, 2.05) is 0 Å². The van der Waals surface area contributed by atoms with Crippen LogP contribution < -0.4 is 14.8 Å². The van der Waals surface area contributed by atoms with Crippen molar-refractivity contribution in [2.45, 2.75) is 25.9 Å². The van der Waals surface area contributed by atoms with Crippen LogP contribution in [0.15, 0.2) is 18.2 Å². The summed E-state index contributed by atoms with van der Waals surface area (Å²) in [6.07, 6.45) is 1.69. The molecule has 1 atom stereocenters. The molecule has 6 heteroatoms. The number of nitrogens with one attached hydrogen (secondary N) is 1. The van der Waals surface area contributed by atoms with Crippen LogP contribution in [-0.2, 0) is 9.53 Å². The van der Waals surface area contributed by atoms with E-state index in [1.54, 1.807) is 32.4 Å². The van der Waals surface area contributed by atoms with E-state index in [0.717, 1.165) is 32.7 Å². The van der Waals surface area contributed by atoms with Crippen molar-refractivity contribution in [3.63, 3.8) is 0 Å². The van der Waals surface area contributed by atoms with Gasteiger partial charge in [0, 0.05) is 56.5 Å². The molecule has 0 aromatic heterocycles. The predicted octanol–water partition coefficient (Wildman–Crippen LogP) is 2.14. The fourth-order valence-electron chi connectivity index (χ4n) is 2.65. The molecule has 1 heterocycles. The van der Waals surface area contributed by atoms with E-state index in [4.69, 9.17) is 14.2 Å². The molecule has 1 amide bonds. The molecule has 1 saturated heterocycles. The summed E-state index contributed by atoms with van der Waals surface area (Å²) in [4.78, 5) is 14.5. The maximum atomic E-state index is 12.2. The number of benzene rings is 1. The van der Waals surface area contributed by atoms with Crippen molar-refractivity contribution >= 4 is 11.6 Å². The van der Waals surface area contributed by atoms with Gasteiger partial charge in [-0.05, 0) is 13.3 Å². The Kier molecular flexibility index (Phi) is 6.67. The largest absolute Gasteiger partial charge is 0.497 e. The number of ether oxygens (including phenoxy) is 3. The Balaban J connectivity index is 1.86. The molecule has 1 aliphatic heterocycles. The first-order chi connectivity index (χ1) is 11.1. The van der Waals surface area contributed by atoms with Crippen molar-refractivity contribution in [1.82, 2.24) is 4.90 Å². The summed E-state index contributed by atoms with van der Waals surface area (Å²) in [5.41, 5.74) is 0.679. The van der Waals surface area contributed by atoms with Crippen molar-refractivity contribution in [3.05, 3.63) is 18.2 Å². The van der Waals surface area contributed by atoms with Crippen molar-refractivity contribution in [1.29, 1.82) is 0 Å². The van der Waals surface area contributed by atoms with E-state index in [0.29, 0.717) is 23.6 Å². The van der Waals surface area contributed by atoms with Crippen LogP contribution in [0.2, 0.25) is 0 Å². The Morgan fingerprint density at radius 3 is 2.65 bits per heavy atom. The molecule has 0 spiro atoms. The molecular formula is C17H26N2O4. The van der Waals surface area contributed by atoms with Gasteiger partial charge in [0.05, 0.1) is 20.3 Å². The number of rotatable bonds is 6. The zero-order chi connectivity index (χ0) is 16.7. The van der Waals surface area contributed by atoms with E-state index in [2.05, 4.69) is 17.1 Å². The van der Waals surface area contributed by atoms with Crippen LogP contribution in [0, 0.1) is 0 Å². The topological polar surface area (TPSA) is 60.0 Å². The summed E-state index contributed by atoms with van der Waals surface area (Å²) >= 11 is 0. The number of carbonyl (C=O) groups excluding carboxylic acids is 1. The first-order valence-electron chi connectivity index (χ1n) is 7.97. The Morgan fingerprint density at radius 2 is 2.00 bits per heavy atom. The number of methoxy groups -OCH3 is 2. The van der Waals surface area contributed by atoms with Gasteiger partial charge in [-0.2, -0.15) is 0 Å². The lowest BCUT2D eigenvalue weighted by Gasteiger charge is -2.21. The lowest BCUT2D eigenvalue weighted by molar-refractivity contribution is -0.116. The van der Waals surface area contributed by atoms with Gasteiger partial charge in [0.1, 0.15) is 11.5 Å². The summed E-state index contributed by atoms with van der Waals surface area (Å²) in [6.45, 7) is 5.46. The first kappa shape index (κ1) is 17.6. The highest BCUT2D eigenvalue weighted by atomic mass is 16.5. The Morgan fingerprint density at radius 1 is 1.30 bits per heavy atom. The number of nitrogens with zero attached hydrogens (tertiary/aromatic N) is 1. The third kappa shape index (κ3) is 5.73. The fraction of sp³-hybridized carbons (Fsp3) is 0.588. The van der Waals surface area contributed by atoms with Gasteiger partial charge < -0.3 is 24.4 Å². The van der Waals surface area contributed by atoms with Crippen LogP contribution in [0.4, 0.5) is 5.69 Å². The zero-order valence-electron chi connectivity index (χ0n) is 14.1. The minimum absolute atomic E-state index is 0.0156. The molecule has 128 valence electrons. The van der Waals surface area contributed by atoms with Gasteiger partial charge in [-0.25, -0.2) is 0 Å². The Bertz CT molecular complexity index is 499. The minimum atomic E-state index is -0.0156. The van der Waals surface area contributed by atoms with Gasteiger partial charge in [-0.15, -0.1) is 0 Å². The van der Waals surface area contributed by atoms with Crippen LogP contribution in [-0.4, -0.2) is 57.4 Å². The minimum Gasteiger partial charge on any atom is -0.497 e. The smallest absolute Gasteiger partial charge is 0.225 e. The predicted molar refractivity (Wildman–Crippen MR) is 89.3 cm³/mol. The van der Waals surface area contributed by atoms with Crippen LogP contribution in [0.3, 0.4) is 0 Å². The van der Waals surface area contributed by atoms with Crippen LogP contribution >= 0.6 is 0 Å². The fourth-order valence-corrected chi connectivity index (χ4v) is 2.65. The highest BCUT2D eigenvalue weighted by Gasteiger charge is 2.16. The molecule has 2 rings (SSSR count). The number of carbonyl (C=O) groups is 1. The van der Waals surface area contributed by atoms with Crippen LogP contribution in [0.1, 0.15) is 19.8 Å². The number of hydrogen-bond donors (Lipinski definition) is 1. The third-order valence-electron chi connectivity index (χ3n) is 3.83. The Labute approximate surface area is 137 Å². The molecule has 0 saturated carbocycles. The summed E-state index contributed by atoms with van der Waals surface area (Å²) in [5, 5.41) is 2.90. The lowest BCUT2D eigenvalue weighted by atomic mass is 10.2. The highest BCUT2D eigenvalue weighted by Crippen LogP contribution is 2.25. The SMILES string of the molecule is COc1cc(NC(=O)CCN2CCCO[C@@H](C)C2)cc(OC)c1. The van der Waals surface area contributed by atoms with Crippen molar-refractivity contribution < 1.29 is 19.0 Å². The molecule has 6 nitrogen and oxygen atoms in total. The number of anilines is 1. The Hall–Kier alpha value is -1.79. The van der Waals surface area contributed by atoms with Gasteiger partial charge >= 0.3 is 0 Å². The van der Waals surface area contributed by atoms with Gasteiger partial charge in [-0.3, -0.25) is 4.79 Å². The third-order valence-corrected chi connectivity index (χ3v) is 3.83. The van der Waals surface area contributed by atoms with E-state index in [1.165, 1.54) is 0 Å². The van der Waals surface area contributed by atoms with Crippen molar-refractivity contribution in [3.8, 4) is 11.5 Å². The maximum absolute atomic E-state index is 12.2. The standard InChI is InChI=1S/C17H26N2O4/c1-13-12-19(6-4-8-23-13)7-5-17(20)18-14-9-15(21-2)11-16(10-14)22-3/h9-11,13H,4-8,12H2,1-3H3,(H,18,20)/t13-/m0/s1. The molecule has 0 bridgehead atoms. The molecule has 1 aromatic rings. The second-order valence-corrected chi connectivity index (χ2v) is 5.74. The highest BCUT2D eigenvalue weighted by molar-refractivity contribution is 5.91. The van der Waals surface area contributed by atoms with E-state index in [9.17, 15) is 4.79 Å². The molecule has 1 aliphatic rings. The molecule has 0 aliphatic carbocycles. The molecule has 1 aromatic carbocycles. The second-order valence-electron chi connectivity index (χ2n) is 5.74. The summed E-state index contributed by atoms with van der Waals surface area (Å²) < 4.78 is 16.0. The molecule has 1 fully saturated rings. The summed E-state index contributed by atoms with van der Waals surface area (Å²) in [5.74, 6) is 1.29. The van der Waals surface area contributed by atoms with E-state index < -0.39 is 0 Å².